The lowest BCUT2D eigenvalue weighted by Crippen LogP contribution is -2.21. The van der Waals surface area contributed by atoms with Gasteiger partial charge in [0.15, 0.2) is 0 Å². The highest BCUT2D eigenvalue weighted by Crippen LogP contribution is 2.24. The number of benzene rings is 1. The van der Waals surface area contributed by atoms with Crippen LogP contribution in [0.4, 0.5) is 0 Å². The van der Waals surface area contributed by atoms with E-state index in [1.165, 1.54) is 10.9 Å². The maximum absolute atomic E-state index is 5.69. The number of nitrogens with one attached hydrogen (secondary N) is 1. The summed E-state index contributed by atoms with van der Waals surface area (Å²) in [4.78, 5) is 0. The van der Waals surface area contributed by atoms with Crippen molar-refractivity contribution < 1.29 is 4.42 Å². The highest BCUT2D eigenvalue weighted by Gasteiger charge is 2.09. The Morgan fingerprint density at radius 2 is 2.00 bits per heavy atom. The summed E-state index contributed by atoms with van der Waals surface area (Å²) in [6.07, 6.45) is 0. The zero-order valence-corrected chi connectivity index (χ0v) is 9.50. The van der Waals surface area contributed by atoms with Crippen LogP contribution in [0.25, 0.3) is 11.0 Å². The third-order valence-corrected chi connectivity index (χ3v) is 2.59. The molecule has 1 N–H and O–H groups in total. The summed E-state index contributed by atoms with van der Waals surface area (Å²) in [6, 6.07) is 8.68. The Bertz CT molecular complexity index is 457. The molecule has 0 aliphatic carbocycles. The van der Waals surface area contributed by atoms with Crippen LogP contribution in [0.15, 0.2) is 28.7 Å². The molecule has 0 aliphatic rings. The molecule has 0 bridgehead atoms. The van der Waals surface area contributed by atoms with Crippen LogP contribution in [0, 0.1) is 6.92 Å². The standard InChI is InChI=1S/C13H17NO/c1-9(2)14-8-12-10(3)15-13-7-5-4-6-11(12)13/h4-7,9,14H,8H2,1-3H3. The van der Waals surface area contributed by atoms with Gasteiger partial charge in [0.1, 0.15) is 11.3 Å². The van der Waals surface area contributed by atoms with Crippen LogP contribution in [-0.2, 0) is 6.54 Å². The molecular formula is C13H17NO. The van der Waals surface area contributed by atoms with Crippen molar-refractivity contribution in [2.45, 2.75) is 33.4 Å². The Kier molecular flexibility index (Phi) is 2.78. The minimum atomic E-state index is 0.498. The van der Waals surface area contributed by atoms with E-state index in [-0.39, 0.29) is 0 Å². The Hall–Kier alpha value is -1.28. The van der Waals surface area contributed by atoms with Gasteiger partial charge in [-0.05, 0) is 13.0 Å². The average Bonchev–Trinajstić information content (AvgIpc) is 2.50. The monoisotopic (exact) mass is 203 g/mol. The lowest BCUT2D eigenvalue weighted by Gasteiger charge is -2.07. The summed E-state index contributed by atoms with van der Waals surface area (Å²) < 4.78 is 5.69. The van der Waals surface area contributed by atoms with Crippen LogP contribution in [0.3, 0.4) is 0 Å². The molecule has 2 aromatic rings. The summed E-state index contributed by atoms with van der Waals surface area (Å²) in [5, 5.41) is 4.65. The van der Waals surface area contributed by atoms with Crippen molar-refractivity contribution in [3.63, 3.8) is 0 Å². The molecule has 1 aromatic carbocycles. The summed E-state index contributed by atoms with van der Waals surface area (Å²) in [5.41, 5.74) is 2.26. The van der Waals surface area contributed by atoms with E-state index in [0.29, 0.717) is 6.04 Å². The van der Waals surface area contributed by atoms with E-state index in [4.69, 9.17) is 4.42 Å². The molecule has 2 nitrogen and oxygen atoms in total. The van der Waals surface area contributed by atoms with Crippen LogP contribution in [0.2, 0.25) is 0 Å². The van der Waals surface area contributed by atoms with Crippen molar-refractivity contribution in [3.05, 3.63) is 35.6 Å². The molecule has 0 spiro atoms. The molecule has 0 saturated heterocycles. The van der Waals surface area contributed by atoms with Gasteiger partial charge < -0.3 is 9.73 Å². The molecule has 2 heteroatoms. The molecule has 0 aliphatic heterocycles. The molecule has 0 unspecified atom stereocenters. The van der Waals surface area contributed by atoms with Gasteiger partial charge >= 0.3 is 0 Å². The van der Waals surface area contributed by atoms with Gasteiger partial charge in [0.05, 0.1) is 0 Å². The van der Waals surface area contributed by atoms with Crippen LogP contribution in [0.5, 0.6) is 0 Å². The number of rotatable bonds is 3. The zero-order valence-electron chi connectivity index (χ0n) is 9.50. The van der Waals surface area contributed by atoms with E-state index in [1.807, 2.05) is 19.1 Å². The minimum Gasteiger partial charge on any atom is -0.461 e. The number of para-hydroxylation sites is 1. The quantitative estimate of drug-likeness (QED) is 0.828. The molecule has 1 aromatic heterocycles. The molecule has 0 fully saturated rings. The van der Waals surface area contributed by atoms with E-state index >= 15 is 0 Å². The van der Waals surface area contributed by atoms with Crippen molar-refractivity contribution >= 4 is 11.0 Å². The highest BCUT2D eigenvalue weighted by atomic mass is 16.3. The largest absolute Gasteiger partial charge is 0.461 e. The number of fused-ring (bicyclic) bond motifs is 1. The topological polar surface area (TPSA) is 25.2 Å². The average molecular weight is 203 g/mol. The third kappa shape index (κ3) is 2.05. The first kappa shape index (κ1) is 10.2. The molecule has 0 saturated carbocycles. The van der Waals surface area contributed by atoms with Crippen LogP contribution < -0.4 is 5.32 Å². The normalized spacial score (nSPS) is 11.5. The first-order valence-corrected chi connectivity index (χ1v) is 5.39. The van der Waals surface area contributed by atoms with E-state index < -0.39 is 0 Å². The van der Waals surface area contributed by atoms with Crippen LogP contribution in [-0.4, -0.2) is 6.04 Å². The smallest absolute Gasteiger partial charge is 0.134 e. The molecule has 80 valence electrons. The van der Waals surface area contributed by atoms with Gasteiger partial charge in [-0.1, -0.05) is 32.0 Å². The van der Waals surface area contributed by atoms with E-state index in [1.54, 1.807) is 0 Å². The Labute approximate surface area is 90.3 Å². The van der Waals surface area contributed by atoms with E-state index in [2.05, 4.69) is 31.3 Å². The number of aryl methyl sites for hydroxylation is 1. The predicted molar refractivity (Wildman–Crippen MR) is 62.9 cm³/mol. The van der Waals surface area contributed by atoms with Gasteiger partial charge in [0, 0.05) is 23.5 Å². The van der Waals surface area contributed by atoms with Crippen LogP contribution in [0.1, 0.15) is 25.2 Å². The van der Waals surface area contributed by atoms with Gasteiger partial charge in [0.2, 0.25) is 0 Å². The Morgan fingerprint density at radius 3 is 2.73 bits per heavy atom. The fraction of sp³-hybridized carbons (Fsp3) is 0.385. The second kappa shape index (κ2) is 4.07. The number of hydrogen-bond acceptors (Lipinski definition) is 2. The first-order chi connectivity index (χ1) is 7.18. The maximum atomic E-state index is 5.69. The van der Waals surface area contributed by atoms with Crippen molar-refractivity contribution in [3.8, 4) is 0 Å². The lowest BCUT2D eigenvalue weighted by atomic mass is 10.1. The molecule has 0 amide bonds. The fourth-order valence-electron chi connectivity index (χ4n) is 1.75. The van der Waals surface area contributed by atoms with Gasteiger partial charge in [-0.2, -0.15) is 0 Å². The zero-order chi connectivity index (χ0) is 10.8. The summed E-state index contributed by atoms with van der Waals surface area (Å²) in [7, 11) is 0. The number of hydrogen-bond donors (Lipinski definition) is 1. The molecule has 2 rings (SSSR count). The Balaban J connectivity index is 2.36. The molecule has 0 radical (unpaired) electrons. The SMILES string of the molecule is Cc1oc2ccccc2c1CNC(C)C. The fourth-order valence-corrected chi connectivity index (χ4v) is 1.75. The molecule has 15 heavy (non-hydrogen) atoms. The minimum absolute atomic E-state index is 0.498. The molecular weight excluding hydrogens is 186 g/mol. The van der Waals surface area contributed by atoms with Gasteiger partial charge in [-0.3, -0.25) is 0 Å². The second-order valence-corrected chi connectivity index (χ2v) is 4.17. The van der Waals surface area contributed by atoms with Gasteiger partial charge in [-0.25, -0.2) is 0 Å². The van der Waals surface area contributed by atoms with Crippen molar-refractivity contribution in [1.29, 1.82) is 0 Å². The predicted octanol–water partition coefficient (Wildman–Crippen LogP) is 3.24. The van der Waals surface area contributed by atoms with Crippen molar-refractivity contribution in [1.82, 2.24) is 5.32 Å². The Morgan fingerprint density at radius 1 is 1.27 bits per heavy atom. The molecule has 0 atom stereocenters. The van der Waals surface area contributed by atoms with Crippen molar-refractivity contribution in [2.75, 3.05) is 0 Å². The van der Waals surface area contributed by atoms with Crippen LogP contribution >= 0.6 is 0 Å². The number of furan rings is 1. The maximum Gasteiger partial charge on any atom is 0.134 e. The summed E-state index contributed by atoms with van der Waals surface area (Å²) >= 11 is 0. The first-order valence-electron chi connectivity index (χ1n) is 5.39. The molecule has 1 heterocycles. The summed E-state index contributed by atoms with van der Waals surface area (Å²) in [5.74, 6) is 1.02. The van der Waals surface area contributed by atoms with Gasteiger partial charge in [-0.15, -0.1) is 0 Å². The lowest BCUT2D eigenvalue weighted by molar-refractivity contribution is 0.550. The van der Waals surface area contributed by atoms with E-state index in [0.717, 1.165) is 17.9 Å². The van der Waals surface area contributed by atoms with E-state index in [9.17, 15) is 0 Å². The highest BCUT2D eigenvalue weighted by molar-refractivity contribution is 5.82. The van der Waals surface area contributed by atoms with Gasteiger partial charge in [0.25, 0.3) is 0 Å². The van der Waals surface area contributed by atoms with Crippen molar-refractivity contribution in [2.24, 2.45) is 0 Å². The summed E-state index contributed by atoms with van der Waals surface area (Å²) in [6.45, 7) is 7.20. The third-order valence-electron chi connectivity index (χ3n) is 2.59. The second-order valence-electron chi connectivity index (χ2n) is 4.17.